The van der Waals surface area contributed by atoms with E-state index in [-0.39, 0.29) is 5.91 Å². The zero-order valence-electron chi connectivity index (χ0n) is 13.7. The van der Waals surface area contributed by atoms with Crippen molar-refractivity contribution < 1.29 is 14.3 Å². The summed E-state index contributed by atoms with van der Waals surface area (Å²) in [6, 6.07) is 15.1. The molecule has 0 aliphatic carbocycles. The van der Waals surface area contributed by atoms with Gasteiger partial charge in [0.2, 0.25) is 5.91 Å². The predicted molar refractivity (Wildman–Crippen MR) is 99.3 cm³/mol. The summed E-state index contributed by atoms with van der Waals surface area (Å²) in [5.74, 6) is 1.48. The molecule has 0 aromatic heterocycles. The Morgan fingerprint density at radius 1 is 1.08 bits per heavy atom. The van der Waals surface area contributed by atoms with Crippen molar-refractivity contribution in [1.29, 1.82) is 0 Å². The highest BCUT2D eigenvalue weighted by Crippen LogP contribution is 2.16. The van der Waals surface area contributed by atoms with Gasteiger partial charge in [0.05, 0.1) is 13.7 Å². The van der Waals surface area contributed by atoms with Crippen molar-refractivity contribution in [2.75, 3.05) is 27.3 Å². The molecule has 0 radical (unpaired) electrons. The van der Waals surface area contributed by atoms with Gasteiger partial charge in [0.25, 0.3) is 0 Å². The first-order valence-corrected chi connectivity index (χ1v) is 8.33. The van der Waals surface area contributed by atoms with Crippen LogP contribution in [0.1, 0.15) is 5.56 Å². The minimum absolute atomic E-state index is 0.0590. The number of nitrogens with zero attached hydrogens (tertiary/aromatic N) is 1. The van der Waals surface area contributed by atoms with Crippen molar-refractivity contribution in [2.24, 2.45) is 0 Å². The van der Waals surface area contributed by atoms with Crippen LogP contribution in [-0.4, -0.2) is 38.1 Å². The fraction of sp³-hybridized carbons (Fsp3) is 0.211. The Hall–Kier alpha value is -2.27. The summed E-state index contributed by atoms with van der Waals surface area (Å²) in [6.07, 6.45) is 3.37. The molecular formula is C19H20BrNO3. The molecule has 0 atom stereocenters. The van der Waals surface area contributed by atoms with Crippen molar-refractivity contribution in [3.8, 4) is 11.5 Å². The Labute approximate surface area is 150 Å². The number of amides is 1. The average Bonchev–Trinajstić information content (AvgIpc) is 2.61. The van der Waals surface area contributed by atoms with Gasteiger partial charge in [-0.3, -0.25) is 4.79 Å². The summed E-state index contributed by atoms with van der Waals surface area (Å²) < 4.78 is 11.7. The van der Waals surface area contributed by atoms with Crippen molar-refractivity contribution in [2.45, 2.75) is 0 Å². The maximum absolute atomic E-state index is 12.1. The normalized spacial score (nSPS) is 10.6. The monoisotopic (exact) mass is 389 g/mol. The molecule has 5 heteroatoms. The first-order chi connectivity index (χ1) is 11.6. The quantitative estimate of drug-likeness (QED) is 0.671. The molecule has 0 bridgehead atoms. The lowest BCUT2D eigenvalue weighted by Crippen LogP contribution is -2.29. The minimum Gasteiger partial charge on any atom is -0.497 e. The Bertz CT molecular complexity index is 681. The van der Waals surface area contributed by atoms with Crippen molar-refractivity contribution in [3.63, 3.8) is 0 Å². The van der Waals surface area contributed by atoms with Crippen LogP contribution in [0.2, 0.25) is 0 Å². The van der Waals surface area contributed by atoms with E-state index in [4.69, 9.17) is 9.47 Å². The lowest BCUT2D eigenvalue weighted by Gasteiger charge is -2.15. The molecule has 1 amide bonds. The zero-order valence-corrected chi connectivity index (χ0v) is 15.3. The number of likely N-dealkylation sites (N-methyl/N-ethyl adjacent to an activating group) is 1. The van der Waals surface area contributed by atoms with E-state index in [2.05, 4.69) is 15.9 Å². The van der Waals surface area contributed by atoms with E-state index in [1.165, 1.54) is 0 Å². The number of hydrogen-bond donors (Lipinski definition) is 0. The number of carbonyl (C=O) groups excluding carboxylic acids is 1. The van der Waals surface area contributed by atoms with Crippen LogP contribution in [0.5, 0.6) is 11.5 Å². The number of carbonyl (C=O) groups is 1. The molecule has 0 aliphatic heterocycles. The summed E-state index contributed by atoms with van der Waals surface area (Å²) in [4.78, 5) is 13.7. The zero-order chi connectivity index (χ0) is 17.4. The first-order valence-electron chi connectivity index (χ1n) is 7.54. The van der Waals surface area contributed by atoms with Crippen molar-refractivity contribution in [1.82, 2.24) is 4.90 Å². The second kappa shape index (κ2) is 9.13. The number of benzene rings is 2. The third-order valence-corrected chi connectivity index (χ3v) is 3.95. The Balaban J connectivity index is 1.77. The summed E-state index contributed by atoms with van der Waals surface area (Å²) >= 11 is 3.38. The topological polar surface area (TPSA) is 38.8 Å². The lowest BCUT2D eigenvalue weighted by atomic mass is 10.2. The van der Waals surface area contributed by atoms with E-state index in [0.29, 0.717) is 13.2 Å². The Kier molecular flexibility index (Phi) is 6.88. The molecule has 4 nitrogen and oxygen atoms in total. The molecule has 0 saturated carbocycles. The number of halogens is 1. The molecule has 0 heterocycles. The summed E-state index contributed by atoms with van der Waals surface area (Å²) in [5.41, 5.74) is 0.981. The van der Waals surface area contributed by atoms with E-state index >= 15 is 0 Å². The summed E-state index contributed by atoms with van der Waals surface area (Å²) in [7, 11) is 3.38. The van der Waals surface area contributed by atoms with Gasteiger partial charge in [0.15, 0.2) is 0 Å². The molecule has 24 heavy (non-hydrogen) atoms. The van der Waals surface area contributed by atoms with Crippen LogP contribution in [0.25, 0.3) is 6.08 Å². The fourth-order valence-electron chi connectivity index (χ4n) is 1.95. The third-order valence-electron chi connectivity index (χ3n) is 3.42. The molecule has 0 saturated heterocycles. The predicted octanol–water partition coefficient (Wildman–Crippen LogP) is 4.01. The Morgan fingerprint density at radius 2 is 1.71 bits per heavy atom. The molecule has 126 valence electrons. The summed E-state index contributed by atoms with van der Waals surface area (Å²) in [6.45, 7) is 0.941. The van der Waals surface area contributed by atoms with E-state index in [1.807, 2.05) is 48.5 Å². The first kappa shape index (κ1) is 18.1. The molecule has 2 rings (SSSR count). The highest BCUT2D eigenvalue weighted by Gasteiger charge is 2.05. The SMILES string of the molecule is COc1ccc(OCCN(C)C(=O)/C=C/c2ccc(Br)cc2)cc1. The highest BCUT2D eigenvalue weighted by atomic mass is 79.9. The van der Waals surface area contributed by atoms with Crippen molar-refractivity contribution in [3.05, 3.63) is 64.6 Å². The van der Waals surface area contributed by atoms with Gasteiger partial charge in [-0.2, -0.15) is 0 Å². The average molecular weight is 390 g/mol. The van der Waals surface area contributed by atoms with Crippen LogP contribution in [0.3, 0.4) is 0 Å². The minimum atomic E-state index is -0.0590. The number of ether oxygens (including phenoxy) is 2. The number of rotatable bonds is 7. The van der Waals surface area contributed by atoms with Gasteiger partial charge in [-0.25, -0.2) is 0 Å². The molecule has 2 aromatic rings. The molecule has 0 spiro atoms. The van der Waals surface area contributed by atoms with E-state index < -0.39 is 0 Å². The molecule has 0 fully saturated rings. The van der Waals surface area contributed by atoms with E-state index in [9.17, 15) is 4.79 Å². The number of methoxy groups -OCH3 is 1. The highest BCUT2D eigenvalue weighted by molar-refractivity contribution is 9.10. The second-order valence-electron chi connectivity index (χ2n) is 5.17. The molecule has 0 unspecified atom stereocenters. The summed E-state index contributed by atoms with van der Waals surface area (Å²) in [5, 5.41) is 0. The maximum Gasteiger partial charge on any atom is 0.246 e. The largest absolute Gasteiger partial charge is 0.497 e. The van der Waals surface area contributed by atoms with Crippen LogP contribution >= 0.6 is 15.9 Å². The van der Waals surface area contributed by atoms with E-state index in [1.54, 1.807) is 31.2 Å². The van der Waals surface area contributed by atoms with Gasteiger partial charge in [-0.1, -0.05) is 28.1 Å². The van der Waals surface area contributed by atoms with Crippen LogP contribution in [0.4, 0.5) is 0 Å². The van der Waals surface area contributed by atoms with Gasteiger partial charge in [0, 0.05) is 17.6 Å². The van der Waals surface area contributed by atoms with Crippen LogP contribution in [-0.2, 0) is 4.79 Å². The van der Waals surface area contributed by atoms with Crippen LogP contribution in [0, 0.1) is 0 Å². The molecule has 0 N–H and O–H groups in total. The third kappa shape index (κ3) is 5.74. The second-order valence-corrected chi connectivity index (χ2v) is 6.08. The molecule has 0 aliphatic rings. The van der Waals surface area contributed by atoms with Gasteiger partial charge in [-0.15, -0.1) is 0 Å². The fourth-order valence-corrected chi connectivity index (χ4v) is 2.22. The van der Waals surface area contributed by atoms with E-state index in [0.717, 1.165) is 21.5 Å². The van der Waals surface area contributed by atoms with Gasteiger partial charge < -0.3 is 14.4 Å². The number of hydrogen-bond acceptors (Lipinski definition) is 3. The van der Waals surface area contributed by atoms with Gasteiger partial charge in [-0.05, 0) is 48.0 Å². The molecular weight excluding hydrogens is 370 g/mol. The van der Waals surface area contributed by atoms with Crippen molar-refractivity contribution >= 4 is 27.9 Å². The van der Waals surface area contributed by atoms with Crippen LogP contribution < -0.4 is 9.47 Å². The van der Waals surface area contributed by atoms with Crippen LogP contribution in [0.15, 0.2) is 59.1 Å². The van der Waals surface area contributed by atoms with Gasteiger partial charge >= 0.3 is 0 Å². The standard InChI is InChI=1S/C19H20BrNO3/c1-21(13-14-24-18-10-8-17(23-2)9-11-18)19(22)12-5-15-3-6-16(20)7-4-15/h3-12H,13-14H2,1-2H3/b12-5+. The lowest BCUT2D eigenvalue weighted by molar-refractivity contribution is -0.125. The maximum atomic E-state index is 12.1. The van der Waals surface area contributed by atoms with Gasteiger partial charge in [0.1, 0.15) is 18.1 Å². The molecule has 2 aromatic carbocycles. The Morgan fingerprint density at radius 3 is 2.33 bits per heavy atom. The smallest absolute Gasteiger partial charge is 0.246 e.